The first kappa shape index (κ1) is 18.1. The quantitative estimate of drug-likeness (QED) is 0.675. The van der Waals surface area contributed by atoms with E-state index >= 15 is 0 Å². The zero-order valence-electron chi connectivity index (χ0n) is 15.8. The molecule has 2 aromatic carbocycles. The van der Waals surface area contributed by atoms with Gasteiger partial charge in [0, 0.05) is 0 Å². The molecule has 0 unspecified atom stereocenters. The fourth-order valence-electron chi connectivity index (χ4n) is 4.25. The second kappa shape index (κ2) is 7.76. The van der Waals surface area contributed by atoms with Gasteiger partial charge in [-0.3, -0.25) is 0 Å². The second-order valence-corrected chi connectivity index (χ2v) is 13.0. The summed E-state index contributed by atoms with van der Waals surface area (Å²) in [7, 11) is 3.44. The van der Waals surface area contributed by atoms with Crippen LogP contribution in [0.1, 0.15) is 12.8 Å². The van der Waals surface area contributed by atoms with Gasteiger partial charge in [-0.1, -0.05) is 0 Å². The van der Waals surface area contributed by atoms with E-state index in [1.54, 1.807) is 22.0 Å². The Morgan fingerprint density at radius 3 is 1.33 bits per heavy atom. The Hall–Kier alpha value is -2.29. The minimum absolute atomic E-state index is 0.904. The Kier molecular flexibility index (Phi) is 5.20. The van der Waals surface area contributed by atoms with E-state index in [-0.39, 0.29) is 0 Å². The zero-order valence-corrected chi connectivity index (χ0v) is 17.4. The minimum atomic E-state index is -2.96. The molecule has 2 nitrogen and oxygen atoms in total. The van der Waals surface area contributed by atoms with Crippen molar-refractivity contribution in [2.24, 2.45) is 0 Å². The summed E-state index contributed by atoms with van der Waals surface area (Å²) in [6, 6.07) is 17.5. The summed E-state index contributed by atoms with van der Waals surface area (Å²) in [6.07, 6.45) is 15.8. The van der Waals surface area contributed by atoms with Crippen LogP contribution in [0.4, 0.5) is 0 Å². The van der Waals surface area contributed by atoms with E-state index in [4.69, 9.17) is 9.47 Å². The molecule has 27 heavy (non-hydrogen) atoms. The third kappa shape index (κ3) is 3.14. The Morgan fingerprint density at radius 1 is 0.630 bits per heavy atom. The molecule has 0 saturated carbocycles. The first-order valence-corrected chi connectivity index (χ1v) is 12.4. The van der Waals surface area contributed by atoms with Crippen molar-refractivity contribution in [2.45, 2.75) is 12.8 Å². The first-order chi connectivity index (χ1) is 13.3. The molecule has 0 spiro atoms. The van der Waals surface area contributed by atoms with Crippen LogP contribution in [0.2, 0.25) is 0 Å². The molecule has 0 aromatic heterocycles. The number of ether oxygens (including phenoxy) is 2. The molecule has 0 amide bonds. The van der Waals surface area contributed by atoms with Gasteiger partial charge in [0.25, 0.3) is 0 Å². The summed E-state index contributed by atoms with van der Waals surface area (Å²) < 4.78 is 16.9. The average molecular weight is 392 g/mol. The van der Waals surface area contributed by atoms with Crippen LogP contribution in [-0.2, 0) is 16.6 Å². The van der Waals surface area contributed by atoms with E-state index in [0.29, 0.717) is 0 Å². The molecule has 4 rings (SSSR count). The number of rotatable bonds is 6. The number of methoxy groups -OCH3 is 2. The number of hydrogen-bond acceptors (Lipinski definition) is 2. The van der Waals surface area contributed by atoms with Crippen LogP contribution < -0.4 is 17.2 Å². The monoisotopic (exact) mass is 392 g/mol. The summed E-state index contributed by atoms with van der Waals surface area (Å²) in [5, 5.41) is 0. The Balaban J connectivity index is 1.95. The average Bonchev–Trinajstić information content (AvgIpc) is 3.45. The van der Waals surface area contributed by atoms with E-state index in [1.165, 1.54) is 7.74 Å². The Bertz CT molecular complexity index is 852. The molecule has 0 atom stereocenters. The fraction of sp³-hybridized carbons (Fsp3) is 0.167. The molecule has 3 heteroatoms. The van der Waals surface area contributed by atoms with Crippen molar-refractivity contribution in [3.05, 3.63) is 92.7 Å². The van der Waals surface area contributed by atoms with Gasteiger partial charge in [0.15, 0.2) is 0 Å². The van der Waals surface area contributed by atoms with Crippen molar-refractivity contribution in [1.82, 2.24) is 0 Å². The van der Waals surface area contributed by atoms with Crippen LogP contribution in [-0.4, -0.2) is 14.2 Å². The van der Waals surface area contributed by atoms with Crippen molar-refractivity contribution < 1.29 is 26.1 Å². The maximum atomic E-state index is 5.42. The molecule has 0 aliphatic heterocycles. The molecule has 2 aromatic rings. The first-order valence-electron chi connectivity index (χ1n) is 9.30. The summed E-state index contributed by atoms with van der Waals surface area (Å²) in [5.41, 5.74) is 0. The zero-order chi connectivity index (χ0) is 18.7. The van der Waals surface area contributed by atoms with E-state index < -0.39 is 16.6 Å². The van der Waals surface area contributed by atoms with Crippen LogP contribution in [0.5, 0.6) is 11.5 Å². The molecule has 2 aliphatic carbocycles. The van der Waals surface area contributed by atoms with Crippen LogP contribution in [0.3, 0.4) is 0 Å². The summed E-state index contributed by atoms with van der Waals surface area (Å²) in [6.45, 7) is 0. The van der Waals surface area contributed by atoms with Gasteiger partial charge >= 0.3 is 165 Å². The fourth-order valence-corrected chi connectivity index (χ4v) is 12.2. The van der Waals surface area contributed by atoms with Gasteiger partial charge in [-0.2, -0.15) is 0 Å². The van der Waals surface area contributed by atoms with Gasteiger partial charge in [-0.05, 0) is 0 Å². The van der Waals surface area contributed by atoms with E-state index in [9.17, 15) is 0 Å². The van der Waals surface area contributed by atoms with Gasteiger partial charge in [-0.25, -0.2) is 0 Å². The van der Waals surface area contributed by atoms with Gasteiger partial charge in [-0.15, -0.1) is 0 Å². The molecular formula is C24H24O2Ti. The van der Waals surface area contributed by atoms with Crippen LogP contribution in [0, 0.1) is 0 Å². The molecule has 2 aliphatic rings. The number of allylic oxidation sites excluding steroid dienone is 8. The van der Waals surface area contributed by atoms with Crippen molar-refractivity contribution in [2.75, 3.05) is 14.2 Å². The molecule has 0 radical (unpaired) electrons. The van der Waals surface area contributed by atoms with Crippen molar-refractivity contribution in [3.8, 4) is 11.5 Å². The SMILES string of the molecule is COc1cc[c]([Ti]([C]2=CC=CC2)([C]2=CC=CC2)[c]2ccc(OC)cc2)cc1. The predicted molar refractivity (Wildman–Crippen MR) is 109 cm³/mol. The van der Waals surface area contributed by atoms with Crippen molar-refractivity contribution in [1.29, 1.82) is 0 Å². The Morgan fingerprint density at radius 2 is 1.04 bits per heavy atom. The molecular weight excluding hydrogens is 368 g/mol. The second-order valence-electron chi connectivity index (χ2n) is 6.86. The molecule has 0 fully saturated rings. The molecule has 0 saturated heterocycles. The maximum absolute atomic E-state index is 5.42. The van der Waals surface area contributed by atoms with Crippen LogP contribution in [0.15, 0.2) is 92.7 Å². The molecule has 0 N–H and O–H groups in total. The molecule has 0 heterocycles. The summed E-state index contributed by atoms with van der Waals surface area (Å²) in [5.74, 6) is 1.81. The van der Waals surface area contributed by atoms with Crippen LogP contribution in [0.25, 0.3) is 0 Å². The van der Waals surface area contributed by atoms with Crippen LogP contribution >= 0.6 is 0 Å². The molecule has 0 bridgehead atoms. The third-order valence-electron chi connectivity index (χ3n) is 5.55. The van der Waals surface area contributed by atoms with E-state index in [0.717, 1.165) is 24.3 Å². The summed E-state index contributed by atoms with van der Waals surface area (Å²) >= 11 is -2.96. The van der Waals surface area contributed by atoms with Crippen molar-refractivity contribution >= 4 is 7.74 Å². The molecule has 136 valence electrons. The summed E-state index contributed by atoms with van der Waals surface area (Å²) in [4.78, 5) is 0. The van der Waals surface area contributed by atoms with Gasteiger partial charge in [0.1, 0.15) is 0 Å². The standard InChI is InChI=1S/2C7H7O.2C5H5.Ti/c2*1-8-7-5-3-2-4-6-7;2*1-2-4-5-3-1;/h2*3-6H,1H3;2*1-3H,4H2;. The number of benzene rings is 2. The number of hydrogen-bond donors (Lipinski definition) is 0. The van der Waals surface area contributed by atoms with Crippen molar-refractivity contribution in [3.63, 3.8) is 0 Å². The Labute approximate surface area is 164 Å². The van der Waals surface area contributed by atoms with Gasteiger partial charge in [0.2, 0.25) is 0 Å². The predicted octanol–water partition coefficient (Wildman–Crippen LogP) is 4.50. The third-order valence-corrected chi connectivity index (χ3v) is 13.5. The topological polar surface area (TPSA) is 18.5 Å². The van der Waals surface area contributed by atoms with Gasteiger partial charge < -0.3 is 0 Å². The van der Waals surface area contributed by atoms with E-state index in [2.05, 4.69) is 85.0 Å². The normalized spacial score (nSPS) is 15.6. The van der Waals surface area contributed by atoms with E-state index in [1.807, 2.05) is 0 Å². The van der Waals surface area contributed by atoms with Gasteiger partial charge in [0.05, 0.1) is 0 Å².